The van der Waals surface area contributed by atoms with Gasteiger partial charge in [0, 0.05) is 22.8 Å². The SMILES string of the molecule is Cc1cc(CS(N)(=O)=O)ccc1N1Cc2c(c(OCC(F)(F)F)c3cccnc3c2OCC(F)(F)F)C1=O. The Labute approximate surface area is 212 Å². The lowest BCUT2D eigenvalue weighted by Gasteiger charge is -2.19. The lowest BCUT2D eigenvalue weighted by molar-refractivity contribution is -0.154. The normalized spacial score (nSPS) is 14.2. The van der Waals surface area contributed by atoms with Gasteiger partial charge in [-0.25, -0.2) is 13.6 Å². The number of ether oxygens (including phenoxy) is 2. The third-order valence-corrected chi connectivity index (χ3v) is 6.26. The molecule has 0 radical (unpaired) electrons. The molecule has 0 spiro atoms. The number of rotatable bonds is 7. The molecular weight excluding hydrogens is 544 g/mol. The van der Waals surface area contributed by atoms with Gasteiger partial charge >= 0.3 is 12.4 Å². The number of sulfonamides is 1. The minimum absolute atomic E-state index is 0.129. The number of primary sulfonamides is 1. The van der Waals surface area contributed by atoms with Crippen molar-refractivity contribution in [3.63, 3.8) is 0 Å². The molecule has 1 amide bonds. The van der Waals surface area contributed by atoms with E-state index in [2.05, 4.69) is 4.98 Å². The fraction of sp³-hybridized carbons (Fsp3) is 0.304. The van der Waals surface area contributed by atoms with E-state index in [0.717, 1.165) is 4.90 Å². The van der Waals surface area contributed by atoms with Crippen LogP contribution in [0.25, 0.3) is 10.9 Å². The predicted molar refractivity (Wildman–Crippen MR) is 123 cm³/mol. The van der Waals surface area contributed by atoms with Crippen molar-refractivity contribution >= 4 is 32.5 Å². The Kier molecular flexibility index (Phi) is 6.95. The molecule has 2 N–H and O–H groups in total. The highest BCUT2D eigenvalue weighted by Crippen LogP contribution is 2.46. The van der Waals surface area contributed by atoms with E-state index in [4.69, 9.17) is 14.6 Å². The Morgan fingerprint density at radius 3 is 2.24 bits per heavy atom. The first-order valence-electron chi connectivity index (χ1n) is 10.8. The average Bonchev–Trinajstić information content (AvgIpc) is 3.10. The molecule has 0 atom stereocenters. The van der Waals surface area contributed by atoms with Crippen LogP contribution in [0.4, 0.5) is 32.0 Å². The lowest BCUT2D eigenvalue weighted by atomic mass is 10.0. The first kappa shape index (κ1) is 27.4. The molecule has 1 aromatic heterocycles. The molecule has 15 heteroatoms. The van der Waals surface area contributed by atoms with E-state index in [9.17, 15) is 39.6 Å². The zero-order valence-corrected chi connectivity index (χ0v) is 20.3. The van der Waals surface area contributed by atoms with Crippen molar-refractivity contribution in [3.8, 4) is 11.5 Å². The smallest absolute Gasteiger partial charge is 0.422 e. The molecule has 1 aliphatic rings. The van der Waals surface area contributed by atoms with Crippen molar-refractivity contribution in [3.05, 3.63) is 58.8 Å². The molecule has 0 saturated heterocycles. The predicted octanol–water partition coefficient (Wildman–Crippen LogP) is 4.37. The number of hydrogen-bond acceptors (Lipinski definition) is 6. The number of aryl methyl sites for hydroxylation is 1. The van der Waals surface area contributed by atoms with Crippen LogP contribution in [0, 0.1) is 6.92 Å². The number of aromatic nitrogens is 1. The van der Waals surface area contributed by atoms with Gasteiger partial charge in [-0.1, -0.05) is 12.1 Å². The van der Waals surface area contributed by atoms with Crippen LogP contribution in [0.15, 0.2) is 36.5 Å². The van der Waals surface area contributed by atoms with E-state index < -0.39 is 58.7 Å². The summed E-state index contributed by atoms with van der Waals surface area (Å²) in [4.78, 5) is 18.7. The summed E-state index contributed by atoms with van der Waals surface area (Å²) >= 11 is 0. The fourth-order valence-corrected chi connectivity index (χ4v) is 4.83. The minimum Gasteiger partial charge on any atom is -0.483 e. The zero-order valence-electron chi connectivity index (χ0n) is 19.5. The number of alkyl halides is 6. The molecule has 0 aliphatic carbocycles. The number of carbonyl (C=O) groups excluding carboxylic acids is 1. The van der Waals surface area contributed by atoms with E-state index in [1.54, 1.807) is 6.92 Å². The van der Waals surface area contributed by atoms with Crippen LogP contribution < -0.4 is 19.5 Å². The summed E-state index contributed by atoms with van der Waals surface area (Å²) in [5.74, 6) is -2.23. The number of pyridine rings is 1. The lowest BCUT2D eigenvalue weighted by Crippen LogP contribution is -2.25. The van der Waals surface area contributed by atoms with Gasteiger partial charge in [-0.2, -0.15) is 26.3 Å². The largest absolute Gasteiger partial charge is 0.483 e. The second kappa shape index (κ2) is 9.62. The number of nitrogens with two attached hydrogens (primary N) is 1. The highest BCUT2D eigenvalue weighted by molar-refractivity contribution is 7.88. The molecule has 3 aromatic rings. The number of halogens is 6. The fourth-order valence-electron chi connectivity index (χ4n) is 4.19. The van der Waals surface area contributed by atoms with Gasteiger partial charge in [-0.3, -0.25) is 9.78 Å². The molecule has 0 fully saturated rings. The number of hydrogen-bond donors (Lipinski definition) is 1. The van der Waals surface area contributed by atoms with E-state index in [1.165, 1.54) is 36.5 Å². The third kappa shape index (κ3) is 5.93. The maximum absolute atomic E-state index is 13.6. The first-order chi connectivity index (χ1) is 17.5. The van der Waals surface area contributed by atoms with Crippen molar-refractivity contribution in [1.82, 2.24) is 4.98 Å². The van der Waals surface area contributed by atoms with Gasteiger partial charge in [0.25, 0.3) is 5.91 Å². The van der Waals surface area contributed by atoms with Crippen molar-refractivity contribution in [1.29, 1.82) is 0 Å². The molecule has 0 bridgehead atoms. The zero-order chi connectivity index (χ0) is 28.0. The van der Waals surface area contributed by atoms with Crippen LogP contribution in [-0.2, 0) is 22.3 Å². The number of carbonyl (C=O) groups is 1. The summed E-state index contributed by atoms with van der Waals surface area (Å²) in [5.41, 5.74) is 0.241. The van der Waals surface area contributed by atoms with Gasteiger partial charge in [-0.05, 0) is 36.2 Å². The molecule has 2 heterocycles. The maximum Gasteiger partial charge on any atom is 0.422 e. The quantitative estimate of drug-likeness (QED) is 0.428. The Morgan fingerprint density at radius 1 is 1.03 bits per heavy atom. The molecule has 38 heavy (non-hydrogen) atoms. The second-order valence-corrected chi connectivity index (χ2v) is 10.2. The Balaban J connectivity index is 1.86. The van der Waals surface area contributed by atoms with Crippen molar-refractivity contribution in [2.75, 3.05) is 18.1 Å². The molecule has 4 rings (SSSR count). The molecule has 2 aromatic carbocycles. The average molecular weight is 563 g/mol. The number of anilines is 1. The second-order valence-electron chi connectivity index (χ2n) is 8.54. The molecule has 0 saturated carbocycles. The summed E-state index contributed by atoms with van der Waals surface area (Å²) < 4.78 is 111. The number of nitrogens with zero attached hydrogens (tertiary/aromatic N) is 2. The van der Waals surface area contributed by atoms with Gasteiger partial charge in [-0.15, -0.1) is 0 Å². The molecule has 0 unspecified atom stereocenters. The Bertz CT molecular complexity index is 1520. The number of fused-ring (bicyclic) bond motifs is 2. The van der Waals surface area contributed by atoms with Crippen LogP contribution >= 0.6 is 0 Å². The van der Waals surface area contributed by atoms with E-state index in [1.807, 2.05) is 0 Å². The van der Waals surface area contributed by atoms with Crippen LogP contribution in [-0.4, -0.2) is 44.9 Å². The monoisotopic (exact) mass is 563 g/mol. The summed E-state index contributed by atoms with van der Waals surface area (Å²) in [6, 6.07) is 6.84. The molecular formula is C23H19F6N3O5S. The van der Waals surface area contributed by atoms with E-state index in [0.29, 0.717) is 11.1 Å². The van der Waals surface area contributed by atoms with Crippen LogP contribution in [0.5, 0.6) is 11.5 Å². The Morgan fingerprint density at radius 2 is 1.66 bits per heavy atom. The van der Waals surface area contributed by atoms with Crippen molar-refractivity contribution in [2.24, 2.45) is 5.14 Å². The van der Waals surface area contributed by atoms with E-state index in [-0.39, 0.29) is 34.3 Å². The van der Waals surface area contributed by atoms with Gasteiger partial charge in [0.05, 0.1) is 17.9 Å². The van der Waals surface area contributed by atoms with Crippen LogP contribution in [0.1, 0.15) is 27.0 Å². The highest BCUT2D eigenvalue weighted by Gasteiger charge is 2.40. The highest BCUT2D eigenvalue weighted by atomic mass is 32.2. The minimum atomic E-state index is -4.77. The van der Waals surface area contributed by atoms with Gasteiger partial charge < -0.3 is 14.4 Å². The van der Waals surface area contributed by atoms with Crippen molar-refractivity contribution in [2.45, 2.75) is 31.6 Å². The summed E-state index contributed by atoms with van der Waals surface area (Å²) in [7, 11) is -3.86. The third-order valence-electron chi connectivity index (χ3n) is 5.53. The number of amides is 1. The maximum atomic E-state index is 13.6. The van der Waals surface area contributed by atoms with Crippen molar-refractivity contribution < 1.29 is 49.0 Å². The van der Waals surface area contributed by atoms with Crippen LogP contribution in [0.2, 0.25) is 0 Å². The van der Waals surface area contributed by atoms with Gasteiger partial charge in [0.1, 0.15) is 11.3 Å². The van der Waals surface area contributed by atoms with Gasteiger partial charge in [0.15, 0.2) is 19.0 Å². The van der Waals surface area contributed by atoms with Gasteiger partial charge in [0.2, 0.25) is 10.0 Å². The summed E-state index contributed by atoms with van der Waals surface area (Å²) in [6.45, 7) is -2.31. The van der Waals surface area contributed by atoms with E-state index >= 15 is 0 Å². The standard InChI is InChI=1S/C23H19F6N3O5S/c1-12-7-13(9-38(30,34)35)4-5-16(12)32-8-15-17(21(32)33)19(36-10-22(24,25)26)14-3-2-6-31-18(14)20(15)37-11-23(27,28)29/h2-7H,8-11H2,1H3,(H2,30,34,35). The Hall–Kier alpha value is -3.59. The molecule has 8 nitrogen and oxygen atoms in total. The summed E-state index contributed by atoms with van der Waals surface area (Å²) in [6.07, 6.45) is -8.31. The number of benzene rings is 2. The first-order valence-corrected chi connectivity index (χ1v) is 12.5. The summed E-state index contributed by atoms with van der Waals surface area (Å²) in [5, 5.41) is 4.94. The topological polar surface area (TPSA) is 112 Å². The van der Waals surface area contributed by atoms with Crippen LogP contribution in [0.3, 0.4) is 0 Å². The molecule has 204 valence electrons. The molecule has 1 aliphatic heterocycles.